The van der Waals surface area contributed by atoms with Gasteiger partial charge in [-0.05, 0) is 50.3 Å². The van der Waals surface area contributed by atoms with E-state index in [1.807, 2.05) is 19.9 Å². The lowest BCUT2D eigenvalue weighted by Crippen LogP contribution is -2.30. The maximum atomic E-state index is 14.1. The van der Waals surface area contributed by atoms with Gasteiger partial charge in [-0.2, -0.15) is 0 Å². The number of hydrogen-bond acceptors (Lipinski definition) is 5. The summed E-state index contributed by atoms with van der Waals surface area (Å²) in [5, 5.41) is 2.78. The van der Waals surface area contributed by atoms with Crippen LogP contribution >= 0.6 is 0 Å². The monoisotopic (exact) mass is 440 g/mol. The largest absolute Gasteiger partial charge is 0.489 e. The van der Waals surface area contributed by atoms with Crippen LogP contribution < -0.4 is 10.1 Å². The minimum Gasteiger partial charge on any atom is -0.489 e. The Labute approximate surface area is 185 Å². The molecule has 32 heavy (non-hydrogen) atoms. The first-order valence-electron chi connectivity index (χ1n) is 10.7. The smallest absolute Gasteiger partial charge is 0.229 e. The molecule has 1 N–H and O–H groups in total. The molecule has 6 nitrogen and oxygen atoms in total. The number of aryl methyl sites for hydroxylation is 3. The fourth-order valence-electron chi connectivity index (χ4n) is 4.30. The highest BCUT2D eigenvalue weighted by atomic mass is 19.1. The quantitative estimate of drug-likeness (QED) is 0.679. The molecule has 168 valence electrons. The molecular weight excluding hydrogens is 414 g/mol. The summed E-state index contributed by atoms with van der Waals surface area (Å²) in [5.41, 5.74) is 0.636. The second-order valence-electron chi connectivity index (χ2n) is 8.48. The number of amides is 1. The van der Waals surface area contributed by atoms with Crippen molar-refractivity contribution in [2.24, 2.45) is 17.3 Å². The lowest BCUT2D eigenvalue weighted by atomic mass is 9.82. The van der Waals surface area contributed by atoms with Crippen LogP contribution in [0, 0.1) is 36.9 Å². The predicted molar refractivity (Wildman–Crippen MR) is 116 cm³/mol. The Balaban J connectivity index is 1.54. The molecule has 4 rings (SSSR count). The number of carbonyl (C=O) groups excluding carboxylic acids is 1. The van der Waals surface area contributed by atoms with Gasteiger partial charge in [0.25, 0.3) is 0 Å². The molecule has 0 aromatic carbocycles. The Kier molecular flexibility index (Phi) is 6.04. The molecule has 2 aliphatic rings. The minimum atomic E-state index is -0.558. The van der Waals surface area contributed by atoms with Gasteiger partial charge in [-0.3, -0.25) is 4.79 Å². The Morgan fingerprint density at radius 1 is 1.28 bits per heavy atom. The van der Waals surface area contributed by atoms with E-state index in [2.05, 4.69) is 20.3 Å². The third-order valence-electron chi connectivity index (χ3n) is 6.29. The Hall–Kier alpha value is -3.16. The third-order valence-corrected chi connectivity index (χ3v) is 6.29. The molecule has 1 unspecified atom stereocenters. The van der Waals surface area contributed by atoms with Crippen LogP contribution in [0.15, 0.2) is 42.5 Å². The van der Waals surface area contributed by atoms with Gasteiger partial charge in [-0.1, -0.05) is 19.1 Å². The number of nitrogens with one attached hydrogen (secondary N) is 1. The van der Waals surface area contributed by atoms with E-state index in [4.69, 9.17) is 4.74 Å². The second-order valence-corrected chi connectivity index (χ2v) is 8.48. The van der Waals surface area contributed by atoms with Crippen molar-refractivity contribution in [2.75, 3.05) is 11.9 Å². The summed E-state index contributed by atoms with van der Waals surface area (Å²) >= 11 is 0. The van der Waals surface area contributed by atoms with Crippen molar-refractivity contribution in [1.29, 1.82) is 0 Å². The summed E-state index contributed by atoms with van der Waals surface area (Å²) in [6, 6.07) is 1.49. The van der Waals surface area contributed by atoms with Gasteiger partial charge in [0.2, 0.25) is 5.91 Å². The number of pyridine rings is 1. The van der Waals surface area contributed by atoms with Crippen molar-refractivity contribution in [1.82, 2.24) is 15.0 Å². The Morgan fingerprint density at radius 3 is 2.81 bits per heavy atom. The number of carbonyl (C=O) groups is 1. The van der Waals surface area contributed by atoms with E-state index in [0.717, 1.165) is 11.9 Å². The maximum absolute atomic E-state index is 14.1. The molecular formula is C24H26F2N4O2. The average Bonchev–Trinajstić information content (AvgIpc) is 3.51. The summed E-state index contributed by atoms with van der Waals surface area (Å²) in [7, 11) is 0. The minimum absolute atomic E-state index is 0.178. The van der Waals surface area contributed by atoms with Crippen LogP contribution in [0.3, 0.4) is 0 Å². The van der Waals surface area contributed by atoms with Gasteiger partial charge in [0.1, 0.15) is 23.3 Å². The topological polar surface area (TPSA) is 77.0 Å². The highest BCUT2D eigenvalue weighted by Crippen LogP contribution is 2.60. The van der Waals surface area contributed by atoms with E-state index in [-0.39, 0.29) is 36.6 Å². The summed E-state index contributed by atoms with van der Waals surface area (Å²) in [5.74, 6) is 0.0967. The molecule has 3 atom stereocenters. The van der Waals surface area contributed by atoms with Crippen LogP contribution in [0.4, 0.5) is 14.6 Å². The van der Waals surface area contributed by atoms with Gasteiger partial charge >= 0.3 is 0 Å². The zero-order chi connectivity index (χ0) is 22.9. The summed E-state index contributed by atoms with van der Waals surface area (Å²) in [4.78, 5) is 25.6. The zero-order valence-electron chi connectivity index (χ0n) is 18.4. The van der Waals surface area contributed by atoms with Crippen molar-refractivity contribution in [3.63, 3.8) is 0 Å². The molecule has 0 spiro atoms. The normalized spacial score (nSPS) is 24.1. The highest BCUT2D eigenvalue weighted by Gasteiger charge is 2.62. The number of nitrogens with zero attached hydrogens (tertiary/aromatic N) is 3. The first-order valence-corrected chi connectivity index (χ1v) is 10.7. The fraction of sp³-hybridized carbons (Fsp3) is 0.417. The van der Waals surface area contributed by atoms with E-state index in [1.165, 1.54) is 12.1 Å². The number of allylic oxidation sites excluding steroid dienone is 4. The second kappa shape index (κ2) is 8.76. The van der Waals surface area contributed by atoms with Crippen LogP contribution in [0.25, 0.3) is 0 Å². The SMILES string of the molecule is CCc1nc(C)ncc1OC[C@@]1(C2C=CC=C(F)C2)C[C@H]1C(=O)Nc1cc(C)c(F)cn1. The van der Waals surface area contributed by atoms with E-state index < -0.39 is 11.2 Å². The first-order chi connectivity index (χ1) is 15.3. The fourth-order valence-corrected chi connectivity index (χ4v) is 4.30. The predicted octanol–water partition coefficient (Wildman–Crippen LogP) is 4.64. The molecule has 2 aliphatic carbocycles. The summed E-state index contributed by atoms with van der Waals surface area (Å²) < 4.78 is 33.7. The number of anilines is 1. The third kappa shape index (κ3) is 4.40. The van der Waals surface area contributed by atoms with Crippen molar-refractivity contribution in [3.8, 4) is 5.75 Å². The molecule has 2 aromatic heterocycles. The van der Waals surface area contributed by atoms with Crippen LogP contribution in [0.1, 0.15) is 36.8 Å². The lowest BCUT2D eigenvalue weighted by Gasteiger charge is -2.27. The average molecular weight is 440 g/mol. The molecule has 0 aliphatic heterocycles. The molecule has 0 bridgehead atoms. The first kappa shape index (κ1) is 22.0. The van der Waals surface area contributed by atoms with Gasteiger partial charge in [-0.15, -0.1) is 0 Å². The molecule has 1 amide bonds. The van der Waals surface area contributed by atoms with E-state index >= 15 is 0 Å². The molecule has 8 heteroatoms. The standard InChI is InChI=1S/C24H26F2N4O2/c1-4-20-21(12-27-15(3)29-20)32-13-24(16-6-5-7-17(25)9-16)10-18(24)23(31)30-22-8-14(2)19(26)11-28-22/h5-8,11-12,16,18H,4,9-10,13H2,1-3H3,(H,28,30,31)/t16?,18-,24+/m0/s1. The van der Waals surface area contributed by atoms with Crippen molar-refractivity contribution in [3.05, 3.63) is 65.4 Å². The molecule has 2 aromatic rings. The van der Waals surface area contributed by atoms with E-state index in [0.29, 0.717) is 35.8 Å². The van der Waals surface area contributed by atoms with Gasteiger partial charge in [-0.25, -0.2) is 23.7 Å². The van der Waals surface area contributed by atoms with Crippen molar-refractivity contribution < 1.29 is 18.3 Å². The van der Waals surface area contributed by atoms with Crippen LogP contribution in [0.5, 0.6) is 5.75 Å². The van der Waals surface area contributed by atoms with Crippen molar-refractivity contribution >= 4 is 11.7 Å². The molecule has 0 saturated heterocycles. The van der Waals surface area contributed by atoms with Crippen molar-refractivity contribution in [2.45, 2.75) is 40.0 Å². The summed E-state index contributed by atoms with van der Waals surface area (Å²) in [6.45, 7) is 5.65. The van der Waals surface area contributed by atoms with Crippen LogP contribution in [-0.2, 0) is 11.2 Å². The maximum Gasteiger partial charge on any atom is 0.229 e. The van der Waals surface area contributed by atoms with Crippen LogP contribution in [-0.4, -0.2) is 27.5 Å². The Bertz CT molecular complexity index is 1100. The molecule has 2 heterocycles. The summed E-state index contributed by atoms with van der Waals surface area (Å²) in [6.07, 6.45) is 9.26. The molecule has 0 radical (unpaired) electrons. The van der Waals surface area contributed by atoms with Crippen LogP contribution in [0.2, 0.25) is 0 Å². The number of hydrogen-bond donors (Lipinski definition) is 1. The lowest BCUT2D eigenvalue weighted by molar-refractivity contribution is -0.118. The number of halogens is 2. The number of ether oxygens (including phenoxy) is 1. The van der Waals surface area contributed by atoms with Gasteiger partial charge in [0.05, 0.1) is 24.7 Å². The molecule has 1 fully saturated rings. The van der Waals surface area contributed by atoms with Gasteiger partial charge in [0.15, 0.2) is 5.75 Å². The van der Waals surface area contributed by atoms with Gasteiger partial charge in [0, 0.05) is 17.8 Å². The Morgan fingerprint density at radius 2 is 2.09 bits per heavy atom. The number of aromatic nitrogens is 3. The van der Waals surface area contributed by atoms with E-state index in [1.54, 1.807) is 19.2 Å². The highest BCUT2D eigenvalue weighted by molar-refractivity contribution is 5.94. The molecule has 1 saturated carbocycles. The van der Waals surface area contributed by atoms with E-state index in [9.17, 15) is 13.6 Å². The number of rotatable bonds is 7. The van der Waals surface area contributed by atoms with Gasteiger partial charge < -0.3 is 10.1 Å². The zero-order valence-corrected chi connectivity index (χ0v) is 18.4.